The summed E-state index contributed by atoms with van der Waals surface area (Å²) in [4.78, 5) is 25.1. The Kier molecular flexibility index (Phi) is 6.07. The van der Waals surface area contributed by atoms with Crippen LogP contribution < -0.4 is 10.1 Å². The largest absolute Gasteiger partial charge is 0.484 e. The lowest BCUT2D eigenvalue weighted by Gasteiger charge is -2.17. The fourth-order valence-corrected chi connectivity index (χ4v) is 1.92. The van der Waals surface area contributed by atoms with E-state index in [1.54, 1.807) is 24.3 Å². The average molecular weight is 341 g/mol. The molecule has 0 unspecified atom stereocenters. The first-order chi connectivity index (χ1) is 12.0. The van der Waals surface area contributed by atoms with Gasteiger partial charge in [0.25, 0.3) is 5.91 Å². The minimum atomic E-state index is -0.402. The highest BCUT2D eigenvalue weighted by Gasteiger charge is 2.14. The molecule has 0 aliphatic heterocycles. The number of nitrogens with zero attached hydrogens (tertiary/aromatic N) is 2. The Hall–Kier alpha value is -3.40. The minimum Gasteiger partial charge on any atom is -0.484 e. The van der Waals surface area contributed by atoms with E-state index in [0.717, 1.165) is 0 Å². The molecular formula is C18H16FN3O3. The van der Waals surface area contributed by atoms with Gasteiger partial charge < -0.3 is 15.0 Å². The van der Waals surface area contributed by atoms with Crippen LogP contribution in [0.1, 0.15) is 5.56 Å². The number of halogens is 1. The fourth-order valence-electron chi connectivity index (χ4n) is 1.92. The second-order valence-corrected chi connectivity index (χ2v) is 5.23. The molecule has 2 aromatic carbocycles. The highest BCUT2D eigenvalue weighted by molar-refractivity contribution is 5.94. The number of hydrogen-bond donors (Lipinski definition) is 1. The number of benzene rings is 2. The van der Waals surface area contributed by atoms with Crippen molar-refractivity contribution in [3.05, 3.63) is 59.9 Å². The number of hydrogen-bond acceptors (Lipinski definition) is 4. The van der Waals surface area contributed by atoms with E-state index < -0.39 is 11.7 Å². The van der Waals surface area contributed by atoms with E-state index in [2.05, 4.69) is 5.32 Å². The van der Waals surface area contributed by atoms with Gasteiger partial charge >= 0.3 is 0 Å². The van der Waals surface area contributed by atoms with Crippen LogP contribution in [0.15, 0.2) is 48.5 Å². The van der Waals surface area contributed by atoms with Gasteiger partial charge in [0.2, 0.25) is 5.91 Å². The number of anilines is 1. The van der Waals surface area contributed by atoms with Crippen molar-refractivity contribution in [2.24, 2.45) is 0 Å². The Morgan fingerprint density at radius 2 is 1.80 bits per heavy atom. The normalized spacial score (nSPS) is 9.80. The van der Waals surface area contributed by atoms with Crippen LogP contribution in [0.4, 0.5) is 10.1 Å². The molecule has 0 spiro atoms. The van der Waals surface area contributed by atoms with E-state index in [1.165, 1.54) is 36.2 Å². The van der Waals surface area contributed by atoms with Crippen LogP contribution in [0.2, 0.25) is 0 Å². The van der Waals surface area contributed by atoms with Gasteiger partial charge in [-0.05, 0) is 48.5 Å². The van der Waals surface area contributed by atoms with Crippen molar-refractivity contribution in [2.75, 3.05) is 25.5 Å². The molecule has 0 aromatic heterocycles. The van der Waals surface area contributed by atoms with Gasteiger partial charge in [0.1, 0.15) is 11.6 Å². The van der Waals surface area contributed by atoms with Crippen molar-refractivity contribution in [1.82, 2.24) is 4.90 Å². The van der Waals surface area contributed by atoms with E-state index >= 15 is 0 Å². The zero-order valence-corrected chi connectivity index (χ0v) is 13.5. The number of carbonyl (C=O) groups excluding carboxylic acids is 2. The van der Waals surface area contributed by atoms with E-state index in [-0.39, 0.29) is 19.1 Å². The monoisotopic (exact) mass is 341 g/mol. The number of nitrogens with one attached hydrogen (secondary N) is 1. The van der Waals surface area contributed by atoms with Gasteiger partial charge in [0.15, 0.2) is 6.61 Å². The first kappa shape index (κ1) is 17.9. The maximum atomic E-state index is 12.8. The van der Waals surface area contributed by atoms with Crippen molar-refractivity contribution in [2.45, 2.75) is 0 Å². The molecule has 0 aliphatic rings. The number of carbonyl (C=O) groups is 2. The lowest BCUT2D eigenvalue weighted by molar-refractivity contribution is -0.135. The zero-order valence-electron chi connectivity index (χ0n) is 13.5. The summed E-state index contributed by atoms with van der Waals surface area (Å²) in [6, 6.07) is 13.7. The van der Waals surface area contributed by atoms with Gasteiger partial charge in [-0.25, -0.2) is 4.39 Å². The molecule has 128 valence electrons. The van der Waals surface area contributed by atoms with E-state index in [4.69, 9.17) is 10.00 Å². The number of ether oxygens (including phenoxy) is 1. The van der Waals surface area contributed by atoms with Crippen molar-refractivity contribution in [3.8, 4) is 11.8 Å². The molecule has 0 saturated heterocycles. The molecule has 1 N–H and O–H groups in total. The molecule has 0 saturated carbocycles. The van der Waals surface area contributed by atoms with Gasteiger partial charge in [-0.1, -0.05) is 0 Å². The molecule has 2 rings (SSSR count). The quantitative estimate of drug-likeness (QED) is 0.873. The van der Waals surface area contributed by atoms with Crippen LogP contribution in [-0.4, -0.2) is 36.9 Å². The molecule has 25 heavy (non-hydrogen) atoms. The summed E-state index contributed by atoms with van der Waals surface area (Å²) in [6.07, 6.45) is 0. The maximum absolute atomic E-state index is 12.8. The van der Waals surface area contributed by atoms with E-state index in [9.17, 15) is 14.0 Å². The van der Waals surface area contributed by atoms with Crippen LogP contribution in [0.5, 0.6) is 5.75 Å². The zero-order chi connectivity index (χ0) is 18.2. The molecule has 6 nitrogen and oxygen atoms in total. The Morgan fingerprint density at radius 3 is 2.40 bits per heavy atom. The molecule has 0 aliphatic carbocycles. The maximum Gasteiger partial charge on any atom is 0.260 e. The van der Waals surface area contributed by atoms with Gasteiger partial charge in [-0.3, -0.25) is 9.59 Å². The SMILES string of the molecule is CN(CC(=O)Nc1ccc(F)cc1)C(=O)COc1ccc(C#N)cc1. The standard InChI is InChI=1S/C18H16FN3O3/c1-22(11-17(23)21-15-6-4-14(19)5-7-15)18(24)12-25-16-8-2-13(10-20)3-9-16/h2-9H,11-12H2,1H3,(H,21,23). The van der Waals surface area contributed by atoms with Crippen LogP contribution in [0, 0.1) is 17.1 Å². The Morgan fingerprint density at radius 1 is 1.16 bits per heavy atom. The van der Waals surface area contributed by atoms with Gasteiger partial charge in [0.05, 0.1) is 18.2 Å². The number of likely N-dealkylation sites (N-methyl/N-ethyl adjacent to an activating group) is 1. The minimum absolute atomic E-state index is 0.160. The molecule has 0 fully saturated rings. The lowest BCUT2D eigenvalue weighted by atomic mass is 10.2. The Labute approximate surface area is 144 Å². The summed E-state index contributed by atoms with van der Waals surface area (Å²) in [7, 11) is 1.48. The second kappa shape index (κ2) is 8.45. The van der Waals surface area contributed by atoms with Crippen molar-refractivity contribution >= 4 is 17.5 Å². The number of amides is 2. The molecule has 0 bridgehead atoms. The van der Waals surface area contributed by atoms with Crippen molar-refractivity contribution in [3.63, 3.8) is 0 Å². The fraction of sp³-hybridized carbons (Fsp3) is 0.167. The summed E-state index contributed by atoms with van der Waals surface area (Å²) in [5.74, 6) is -0.721. The summed E-state index contributed by atoms with van der Waals surface area (Å²) < 4.78 is 18.1. The van der Waals surface area contributed by atoms with Crippen molar-refractivity contribution in [1.29, 1.82) is 5.26 Å². The molecule has 0 heterocycles. The first-order valence-corrected chi connectivity index (χ1v) is 7.40. The third kappa shape index (κ3) is 5.62. The van der Waals surface area contributed by atoms with E-state index in [0.29, 0.717) is 17.0 Å². The first-order valence-electron chi connectivity index (χ1n) is 7.40. The number of rotatable bonds is 6. The average Bonchev–Trinajstić information content (AvgIpc) is 2.62. The van der Waals surface area contributed by atoms with Gasteiger partial charge in [-0.2, -0.15) is 5.26 Å². The summed E-state index contributed by atoms with van der Waals surface area (Å²) in [5.41, 5.74) is 0.939. The molecule has 0 radical (unpaired) electrons. The van der Waals surface area contributed by atoms with Crippen LogP contribution in [0.25, 0.3) is 0 Å². The molecule has 7 heteroatoms. The van der Waals surface area contributed by atoms with Crippen LogP contribution in [0.3, 0.4) is 0 Å². The molecule has 2 amide bonds. The summed E-state index contributed by atoms with van der Waals surface area (Å²) in [6.45, 7) is -0.390. The molecular weight excluding hydrogens is 325 g/mol. The smallest absolute Gasteiger partial charge is 0.260 e. The predicted octanol–water partition coefficient (Wildman–Crippen LogP) is 2.17. The summed E-state index contributed by atoms with van der Waals surface area (Å²) >= 11 is 0. The third-order valence-corrected chi connectivity index (χ3v) is 3.28. The van der Waals surface area contributed by atoms with E-state index in [1.807, 2.05) is 6.07 Å². The van der Waals surface area contributed by atoms with Gasteiger partial charge in [-0.15, -0.1) is 0 Å². The second-order valence-electron chi connectivity index (χ2n) is 5.23. The molecule has 2 aromatic rings. The Balaban J connectivity index is 1.79. The van der Waals surface area contributed by atoms with Crippen LogP contribution in [-0.2, 0) is 9.59 Å². The molecule has 0 atom stereocenters. The number of nitriles is 1. The summed E-state index contributed by atoms with van der Waals surface area (Å²) in [5, 5.41) is 11.3. The predicted molar refractivity (Wildman–Crippen MR) is 89.3 cm³/mol. The lowest BCUT2D eigenvalue weighted by Crippen LogP contribution is -2.37. The highest BCUT2D eigenvalue weighted by Crippen LogP contribution is 2.11. The third-order valence-electron chi connectivity index (χ3n) is 3.28. The van der Waals surface area contributed by atoms with Crippen molar-refractivity contribution < 1.29 is 18.7 Å². The van der Waals surface area contributed by atoms with Gasteiger partial charge in [0, 0.05) is 12.7 Å². The highest BCUT2D eigenvalue weighted by atomic mass is 19.1. The Bertz CT molecular complexity index is 783. The topological polar surface area (TPSA) is 82.4 Å². The van der Waals surface area contributed by atoms with Crippen LogP contribution >= 0.6 is 0 Å².